The minimum atomic E-state index is -0.143. The third kappa shape index (κ3) is 4.00. The van der Waals surface area contributed by atoms with Crippen LogP contribution in [0.4, 0.5) is 0 Å². The summed E-state index contributed by atoms with van der Waals surface area (Å²) in [6, 6.07) is 9.13. The van der Waals surface area contributed by atoms with E-state index in [9.17, 15) is 9.59 Å². The first-order chi connectivity index (χ1) is 15.0. The number of nitrogens with zero attached hydrogens (tertiary/aromatic N) is 2. The average Bonchev–Trinajstić information content (AvgIpc) is 2.74. The Labute approximate surface area is 183 Å². The first-order valence-electron chi connectivity index (χ1n) is 11.6. The maximum absolute atomic E-state index is 13.1. The molecule has 0 spiro atoms. The molecule has 2 aromatic rings. The maximum Gasteiger partial charge on any atom is 0.253 e. The SMILES string of the molecule is CCOc1ccc(-c2cc(=O)n(CCNC(=O)C34CC5CC(CC(C5)C3)C4)cn2)cc1. The summed E-state index contributed by atoms with van der Waals surface area (Å²) in [6.07, 6.45) is 8.73. The van der Waals surface area contributed by atoms with Crippen molar-refractivity contribution in [3.05, 3.63) is 47.0 Å². The third-order valence-electron chi connectivity index (χ3n) is 7.50. The van der Waals surface area contributed by atoms with E-state index >= 15 is 0 Å². The number of nitrogens with one attached hydrogen (secondary N) is 1. The number of carbonyl (C=O) groups excluding carboxylic acids is 1. The molecule has 0 saturated heterocycles. The van der Waals surface area contributed by atoms with Crippen LogP contribution in [0.1, 0.15) is 45.4 Å². The van der Waals surface area contributed by atoms with Crippen LogP contribution < -0.4 is 15.6 Å². The summed E-state index contributed by atoms with van der Waals surface area (Å²) in [7, 11) is 0. The quantitative estimate of drug-likeness (QED) is 0.741. The second kappa shape index (κ2) is 8.13. The fraction of sp³-hybridized carbons (Fsp3) is 0.560. The standard InChI is InChI=1S/C25H31N3O3/c1-2-31-21-5-3-20(4-6-21)22-12-23(29)28(16-27-22)8-7-26-24(30)25-13-17-9-18(14-25)11-19(10-17)15-25/h3-6,12,16-19H,2,7-11,13-15H2,1H3,(H,26,30). The van der Waals surface area contributed by atoms with Gasteiger partial charge in [-0.15, -0.1) is 0 Å². The largest absolute Gasteiger partial charge is 0.494 e. The van der Waals surface area contributed by atoms with Crippen molar-refractivity contribution in [2.24, 2.45) is 23.2 Å². The Morgan fingerprint density at radius 2 is 1.77 bits per heavy atom. The summed E-state index contributed by atoms with van der Waals surface area (Å²) in [6.45, 7) is 3.46. The van der Waals surface area contributed by atoms with Gasteiger partial charge in [-0.05, 0) is 87.5 Å². The van der Waals surface area contributed by atoms with Crippen LogP contribution in [0.25, 0.3) is 11.3 Å². The first-order valence-corrected chi connectivity index (χ1v) is 11.6. The topological polar surface area (TPSA) is 73.2 Å². The summed E-state index contributed by atoms with van der Waals surface area (Å²) in [5, 5.41) is 3.14. The molecule has 6 heteroatoms. The molecule has 1 aromatic carbocycles. The Hall–Kier alpha value is -2.63. The molecule has 1 amide bonds. The molecule has 164 valence electrons. The molecule has 6 nitrogen and oxygen atoms in total. The van der Waals surface area contributed by atoms with Crippen molar-refractivity contribution in [2.75, 3.05) is 13.2 Å². The molecule has 4 fully saturated rings. The molecule has 4 saturated carbocycles. The van der Waals surface area contributed by atoms with Gasteiger partial charge in [0.25, 0.3) is 5.56 Å². The highest BCUT2D eigenvalue weighted by Gasteiger charge is 2.54. The third-order valence-corrected chi connectivity index (χ3v) is 7.50. The zero-order chi connectivity index (χ0) is 21.4. The van der Waals surface area contributed by atoms with Gasteiger partial charge in [-0.1, -0.05) is 0 Å². The molecule has 1 heterocycles. The van der Waals surface area contributed by atoms with Crippen LogP contribution in [-0.4, -0.2) is 28.6 Å². The zero-order valence-corrected chi connectivity index (χ0v) is 18.2. The van der Waals surface area contributed by atoms with E-state index in [0.29, 0.717) is 25.4 Å². The predicted molar refractivity (Wildman–Crippen MR) is 119 cm³/mol. The molecule has 31 heavy (non-hydrogen) atoms. The van der Waals surface area contributed by atoms with Crippen molar-refractivity contribution >= 4 is 5.91 Å². The lowest BCUT2D eigenvalue weighted by Gasteiger charge is -2.55. The lowest BCUT2D eigenvalue weighted by Crippen LogP contribution is -2.54. The number of benzene rings is 1. The maximum atomic E-state index is 13.1. The van der Waals surface area contributed by atoms with Gasteiger partial charge < -0.3 is 10.1 Å². The molecule has 1 aromatic heterocycles. The lowest BCUT2D eigenvalue weighted by atomic mass is 9.49. The molecule has 0 atom stereocenters. The monoisotopic (exact) mass is 421 g/mol. The van der Waals surface area contributed by atoms with E-state index in [1.807, 2.05) is 31.2 Å². The summed E-state index contributed by atoms with van der Waals surface area (Å²) in [4.78, 5) is 30.1. The molecular formula is C25H31N3O3. The van der Waals surface area contributed by atoms with Crippen LogP contribution in [-0.2, 0) is 11.3 Å². The predicted octanol–water partition coefficient (Wildman–Crippen LogP) is 3.64. The Balaban J connectivity index is 1.19. The number of hydrogen-bond donors (Lipinski definition) is 1. The van der Waals surface area contributed by atoms with Gasteiger partial charge in [-0.3, -0.25) is 14.2 Å². The van der Waals surface area contributed by atoms with Crippen LogP contribution in [0.15, 0.2) is 41.5 Å². The Kier molecular flexibility index (Phi) is 5.32. The van der Waals surface area contributed by atoms with Crippen LogP contribution >= 0.6 is 0 Å². The van der Waals surface area contributed by atoms with Crippen molar-refractivity contribution in [2.45, 2.75) is 52.0 Å². The summed E-state index contributed by atoms with van der Waals surface area (Å²) in [5.74, 6) is 3.25. The van der Waals surface area contributed by atoms with Gasteiger partial charge in [0, 0.05) is 30.1 Å². The van der Waals surface area contributed by atoms with Crippen LogP contribution in [0.3, 0.4) is 0 Å². The Morgan fingerprint density at radius 1 is 1.13 bits per heavy atom. The van der Waals surface area contributed by atoms with Crippen LogP contribution in [0, 0.1) is 23.2 Å². The van der Waals surface area contributed by atoms with Gasteiger partial charge >= 0.3 is 0 Å². The second-order valence-electron chi connectivity index (χ2n) is 9.72. The molecule has 4 aliphatic carbocycles. The van der Waals surface area contributed by atoms with Crippen molar-refractivity contribution in [3.8, 4) is 17.0 Å². The van der Waals surface area contributed by atoms with Crippen molar-refractivity contribution in [3.63, 3.8) is 0 Å². The van der Waals surface area contributed by atoms with Crippen molar-refractivity contribution in [1.82, 2.24) is 14.9 Å². The number of aromatic nitrogens is 2. The molecule has 0 radical (unpaired) electrons. The van der Waals surface area contributed by atoms with E-state index in [1.165, 1.54) is 19.3 Å². The first kappa shape index (κ1) is 20.3. The van der Waals surface area contributed by atoms with E-state index in [4.69, 9.17) is 4.74 Å². The molecule has 0 aliphatic heterocycles. The molecule has 6 rings (SSSR count). The Bertz CT molecular complexity index is 976. The zero-order valence-electron chi connectivity index (χ0n) is 18.2. The van der Waals surface area contributed by atoms with Crippen molar-refractivity contribution in [1.29, 1.82) is 0 Å². The minimum absolute atomic E-state index is 0.108. The van der Waals surface area contributed by atoms with E-state index in [1.54, 1.807) is 17.0 Å². The highest BCUT2D eigenvalue weighted by atomic mass is 16.5. The normalized spacial score (nSPS) is 28.5. The van der Waals surface area contributed by atoms with Gasteiger partial charge in [0.05, 0.1) is 18.6 Å². The molecular weight excluding hydrogens is 390 g/mol. The minimum Gasteiger partial charge on any atom is -0.494 e. The average molecular weight is 422 g/mol. The van der Waals surface area contributed by atoms with Crippen LogP contribution in [0.5, 0.6) is 5.75 Å². The van der Waals surface area contributed by atoms with Crippen LogP contribution in [0.2, 0.25) is 0 Å². The van der Waals surface area contributed by atoms with Gasteiger partial charge in [-0.25, -0.2) is 4.98 Å². The van der Waals surface area contributed by atoms with Gasteiger partial charge in [0.2, 0.25) is 5.91 Å². The number of ether oxygens (including phenoxy) is 1. The highest BCUT2D eigenvalue weighted by molar-refractivity contribution is 5.83. The number of carbonyl (C=O) groups is 1. The molecule has 0 unspecified atom stereocenters. The molecule has 4 aliphatic rings. The summed E-state index contributed by atoms with van der Waals surface area (Å²) in [5.41, 5.74) is 1.27. The van der Waals surface area contributed by atoms with Gasteiger partial charge in [-0.2, -0.15) is 0 Å². The molecule has 4 bridgehead atoms. The van der Waals surface area contributed by atoms with E-state index in [0.717, 1.165) is 48.3 Å². The lowest BCUT2D eigenvalue weighted by molar-refractivity contribution is -0.146. The van der Waals surface area contributed by atoms with E-state index in [2.05, 4.69) is 10.3 Å². The van der Waals surface area contributed by atoms with Gasteiger partial charge in [0.15, 0.2) is 0 Å². The molecule has 1 N–H and O–H groups in total. The van der Waals surface area contributed by atoms with E-state index in [-0.39, 0.29) is 16.9 Å². The second-order valence-corrected chi connectivity index (χ2v) is 9.72. The highest BCUT2D eigenvalue weighted by Crippen LogP contribution is 2.60. The van der Waals surface area contributed by atoms with Crippen molar-refractivity contribution < 1.29 is 9.53 Å². The van der Waals surface area contributed by atoms with Gasteiger partial charge in [0.1, 0.15) is 5.75 Å². The van der Waals surface area contributed by atoms with E-state index < -0.39 is 0 Å². The Morgan fingerprint density at radius 3 is 2.35 bits per heavy atom. The smallest absolute Gasteiger partial charge is 0.253 e. The number of hydrogen-bond acceptors (Lipinski definition) is 4. The number of amides is 1. The fourth-order valence-corrected chi connectivity index (χ4v) is 6.51. The fourth-order valence-electron chi connectivity index (χ4n) is 6.51. The summed E-state index contributed by atoms with van der Waals surface area (Å²) >= 11 is 0. The summed E-state index contributed by atoms with van der Waals surface area (Å²) < 4.78 is 7.03. The number of rotatable bonds is 7.